The molecule has 2 aliphatic carbocycles. The zero-order valence-corrected chi connectivity index (χ0v) is 58.2. The molecule has 1 N–H and O–H groups in total. The molecule has 26 heteroatoms. The first-order valence-electron chi connectivity index (χ1n) is 33.1. The molecule has 2 aromatic heterocycles. The van der Waals surface area contributed by atoms with Gasteiger partial charge < -0.3 is 43.0 Å². The molecule has 0 saturated carbocycles. The van der Waals surface area contributed by atoms with Crippen molar-refractivity contribution in [2.75, 3.05) is 0 Å². The van der Waals surface area contributed by atoms with Crippen LogP contribution in [0.25, 0.3) is 11.1 Å². The first-order valence-corrected chi connectivity index (χ1v) is 34.8. The van der Waals surface area contributed by atoms with Gasteiger partial charge in [-0.3, -0.25) is 19.2 Å². The third-order valence-electron chi connectivity index (χ3n) is 18.0. The maximum absolute atomic E-state index is 15.7. The molecule has 0 saturated heterocycles. The number of amides is 6. The first kappa shape index (κ1) is 70.5. The number of aliphatic imine (C=N–C) groups is 2. The number of aliphatic hydroxyl groups is 1. The van der Waals surface area contributed by atoms with Crippen molar-refractivity contribution >= 4 is 115 Å². The predicted octanol–water partition coefficient (Wildman–Crippen LogP) is 12.9. The Labute approximate surface area is 616 Å². The van der Waals surface area contributed by atoms with Crippen LogP contribution in [0.4, 0.5) is 19.6 Å². The fraction of sp³-hybridized carbons (Fsp3) is 0.148. The minimum Gasteiger partial charge on any atom is -0.503 e. The summed E-state index contributed by atoms with van der Waals surface area (Å²) in [6.45, 7) is 0.295. The van der Waals surface area contributed by atoms with Crippen LogP contribution < -0.4 is 9.47 Å². The number of carbonyl (C=O) groups is 10. The van der Waals surface area contributed by atoms with E-state index in [2.05, 4.69) is 9.98 Å². The number of nitrogens with zero attached hydrogens (tertiary/aromatic N) is 5. The van der Waals surface area contributed by atoms with Crippen LogP contribution in [0.1, 0.15) is 57.0 Å². The Kier molecular flexibility index (Phi) is 19.6. The number of carbonyl (C=O) groups excluding carboxylic acids is 10. The van der Waals surface area contributed by atoms with Gasteiger partial charge in [0.15, 0.2) is 5.76 Å². The van der Waals surface area contributed by atoms with E-state index in [1.54, 1.807) is 212 Å². The molecule has 2 atom stereocenters. The van der Waals surface area contributed by atoms with E-state index in [-0.39, 0.29) is 114 Å². The van der Waals surface area contributed by atoms with E-state index in [0.29, 0.717) is 33.4 Å². The zero-order chi connectivity index (χ0) is 74.7. The number of esters is 4. The van der Waals surface area contributed by atoms with Crippen molar-refractivity contribution in [1.82, 2.24) is 9.80 Å². The maximum atomic E-state index is 15.7. The van der Waals surface area contributed by atoms with Crippen LogP contribution >= 0.6 is 22.7 Å². The highest BCUT2D eigenvalue weighted by Gasteiger charge is 2.63. The second-order valence-electron chi connectivity index (χ2n) is 24.8. The van der Waals surface area contributed by atoms with Crippen LogP contribution in [-0.4, -0.2) is 97.2 Å². The van der Waals surface area contributed by atoms with Gasteiger partial charge in [0.25, 0.3) is 17.7 Å². The zero-order valence-electron chi connectivity index (χ0n) is 56.5. The monoisotopic (exact) mass is 1470 g/mol. The molecule has 6 aliphatic rings. The molecule has 107 heavy (non-hydrogen) atoms. The van der Waals surface area contributed by atoms with Gasteiger partial charge in [0.1, 0.15) is 84.2 Å². The summed E-state index contributed by atoms with van der Waals surface area (Å²) in [5.74, 6) is -13.6. The Morgan fingerprint density at radius 1 is 0.439 bits per heavy atom. The number of aliphatic hydroxyl groups excluding tert-OH is 1. The molecule has 24 nitrogen and oxygen atoms in total. The molecule has 0 bridgehead atoms. The Balaban J connectivity index is 0.938. The fourth-order valence-electron chi connectivity index (χ4n) is 12.6. The SMILES string of the molecule is CC1=C(C#N)C(=O)N(C(=O)OCc2ccccc2)C(=O)/C1=N\c1cc2c(s1)C1=CC3C=C4C(=CC3C=C1C(C(=O)OCc1ccccc1)(C(=O)OCc1ccccc1)O2)c1sc(/N=C2/C(=O)N(C(=O)OCc3ccccc3)C(=O)C(O)=C2C)cc1OC4(C(=O)OCc1ccccc1)C(=O)OCc1ccccc1. The van der Waals surface area contributed by atoms with Crippen molar-refractivity contribution in [2.45, 2.75) is 64.7 Å². The second-order valence-corrected chi connectivity index (χ2v) is 26.9. The van der Waals surface area contributed by atoms with Crippen molar-refractivity contribution < 1.29 is 90.9 Å². The summed E-state index contributed by atoms with van der Waals surface area (Å²) in [6.07, 6.45) is 3.62. The lowest BCUT2D eigenvalue weighted by Gasteiger charge is -2.42. The van der Waals surface area contributed by atoms with E-state index in [9.17, 15) is 39.1 Å². The fourth-order valence-corrected chi connectivity index (χ4v) is 14.6. The van der Waals surface area contributed by atoms with Crippen molar-refractivity contribution in [3.63, 3.8) is 0 Å². The number of imide groups is 6. The highest BCUT2D eigenvalue weighted by Crippen LogP contribution is 2.59. The van der Waals surface area contributed by atoms with Gasteiger partial charge >= 0.3 is 53.2 Å². The van der Waals surface area contributed by atoms with Crippen LogP contribution in [0.15, 0.2) is 262 Å². The summed E-state index contributed by atoms with van der Waals surface area (Å²) in [5, 5.41) is 21.5. The van der Waals surface area contributed by atoms with E-state index in [1.165, 1.54) is 26.0 Å². The maximum Gasteiger partial charge on any atom is 0.424 e. The molecule has 4 aliphatic heterocycles. The summed E-state index contributed by atoms with van der Waals surface area (Å²) in [7, 11) is 0. The molecule has 6 amide bonds. The normalized spacial score (nSPS) is 18.1. The van der Waals surface area contributed by atoms with Gasteiger partial charge in [0.2, 0.25) is 0 Å². The van der Waals surface area contributed by atoms with Gasteiger partial charge in [0.05, 0.1) is 9.75 Å². The number of allylic oxidation sites excluding steroid dienone is 4. The number of hydrogen-bond acceptors (Lipinski definition) is 24. The van der Waals surface area contributed by atoms with E-state index in [0.717, 1.165) is 22.7 Å². The molecule has 6 heterocycles. The molecule has 532 valence electrons. The lowest BCUT2D eigenvalue weighted by Crippen LogP contribution is -2.58. The Bertz CT molecular complexity index is 5230. The number of nitriles is 1. The van der Waals surface area contributed by atoms with E-state index >= 15 is 19.2 Å². The summed E-state index contributed by atoms with van der Waals surface area (Å²) in [5.41, 5.74) is -4.90. The third kappa shape index (κ3) is 13.5. The van der Waals surface area contributed by atoms with Crippen LogP contribution in [-0.2, 0) is 106 Å². The number of thiophene rings is 2. The largest absolute Gasteiger partial charge is 0.503 e. The summed E-state index contributed by atoms with van der Waals surface area (Å²) in [4.78, 5) is 157. The second kappa shape index (κ2) is 29.7. The standard InChI is InChI=1S/C81H57N5O19S2/c1-46-58(39-82)70(88)85(78(96)102-44-52-29-17-7-18-30-52)71(89)65(46)83-63-37-61-68(106-63)56-33-54-36-60-57(34-55(54)35-59(56)80(104-61,74(92)98-40-48-21-9-3-10-22-48)75(93)99-41-49-23-11-4-12-24-49)69-62(105-81(60,76(94)100-42-50-25-13-5-14-26-50)77(95)101-43-51-27-15-6-16-28-51)38-64(107-69)84-66-47(2)67(87)73(91)86(72(66)90)79(97)103-45-53-31-19-8-20-32-53/h3-38,54-55,87H,40-45H2,1-2H3/b83-65-,84-66+. The summed E-state index contributed by atoms with van der Waals surface area (Å²) >= 11 is 1.73. The van der Waals surface area contributed by atoms with Gasteiger partial charge in [0, 0.05) is 57.4 Å². The molecule has 0 spiro atoms. The van der Waals surface area contributed by atoms with Gasteiger partial charge in [-0.25, -0.2) is 38.8 Å². The van der Waals surface area contributed by atoms with Crippen molar-refractivity contribution in [2.24, 2.45) is 21.8 Å². The van der Waals surface area contributed by atoms with Gasteiger partial charge in [-0.15, -0.1) is 22.7 Å². The lowest BCUT2D eigenvalue weighted by molar-refractivity contribution is -0.179. The van der Waals surface area contributed by atoms with Gasteiger partial charge in [-0.2, -0.15) is 15.1 Å². The van der Waals surface area contributed by atoms with Crippen LogP contribution in [0.3, 0.4) is 0 Å². The Hall–Kier alpha value is -13.5. The molecule has 8 aromatic rings. The van der Waals surface area contributed by atoms with E-state index in [1.807, 2.05) is 0 Å². The van der Waals surface area contributed by atoms with Gasteiger partial charge in [-0.1, -0.05) is 206 Å². The molecule has 6 aromatic carbocycles. The highest BCUT2D eigenvalue weighted by molar-refractivity contribution is 7.17. The molecule has 2 unspecified atom stereocenters. The number of rotatable bonds is 18. The first-order chi connectivity index (χ1) is 51.8. The lowest BCUT2D eigenvalue weighted by atomic mass is 9.68. The minimum atomic E-state index is -2.87. The quantitative estimate of drug-likeness (QED) is 0.0361. The number of benzene rings is 6. The smallest absolute Gasteiger partial charge is 0.424 e. The van der Waals surface area contributed by atoms with Crippen LogP contribution in [0.5, 0.6) is 11.5 Å². The molecule has 0 radical (unpaired) electrons. The highest BCUT2D eigenvalue weighted by atomic mass is 32.1. The van der Waals surface area contributed by atoms with Crippen molar-refractivity contribution in [3.05, 3.63) is 295 Å². The average Bonchev–Trinajstić information content (AvgIpc) is 1.69. The minimum absolute atomic E-state index is 0.0793. The number of ether oxygens (including phenoxy) is 8. The van der Waals surface area contributed by atoms with Crippen molar-refractivity contribution in [3.8, 4) is 17.6 Å². The molecule has 14 rings (SSSR count). The van der Waals surface area contributed by atoms with Crippen molar-refractivity contribution in [1.29, 1.82) is 5.26 Å². The van der Waals surface area contributed by atoms with Crippen LogP contribution in [0.2, 0.25) is 0 Å². The van der Waals surface area contributed by atoms with E-state index in [4.69, 9.17) is 37.9 Å². The molecule has 0 fully saturated rings. The summed E-state index contributed by atoms with van der Waals surface area (Å²) in [6, 6.07) is 55.5. The predicted molar refractivity (Wildman–Crippen MR) is 384 cm³/mol. The molecular formula is C81H57N5O19S2. The third-order valence-corrected chi connectivity index (χ3v) is 20.1. The summed E-state index contributed by atoms with van der Waals surface area (Å²) < 4.78 is 48.9. The number of hydrogen-bond donors (Lipinski definition) is 1. The number of fused-ring (bicyclic) bond motifs is 7. The van der Waals surface area contributed by atoms with Crippen LogP contribution in [0, 0.1) is 23.2 Å². The van der Waals surface area contributed by atoms with E-state index < -0.39 is 105 Å². The Morgan fingerprint density at radius 2 is 0.738 bits per heavy atom. The molecular weight excluding hydrogens is 1410 g/mol. The topological polar surface area (TPSA) is 320 Å². The van der Waals surface area contributed by atoms with Gasteiger partial charge in [-0.05, 0) is 47.2 Å². The Morgan fingerprint density at radius 3 is 1.06 bits per heavy atom. The average molecular weight is 1470 g/mol.